The topological polar surface area (TPSA) is 96.4 Å². The van der Waals surface area contributed by atoms with Crippen molar-refractivity contribution in [1.29, 1.82) is 0 Å². The maximum Gasteiger partial charge on any atom is 0.250 e. The number of carbonyl (C=O) groups excluding carboxylic acids is 2. The van der Waals surface area contributed by atoms with Crippen LogP contribution < -0.4 is 15.5 Å². The van der Waals surface area contributed by atoms with Crippen molar-refractivity contribution in [3.63, 3.8) is 0 Å². The third-order valence-corrected chi connectivity index (χ3v) is 6.40. The van der Waals surface area contributed by atoms with E-state index in [0.29, 0.717) is 34.0 Å². The number of hydrogen-bond donors (Lipinski definition) is 2. The molecule has 28 heavy (non-hydrogen) atoms. The normalized spacial score (nSPS) is 16.3. The summed E-state index contributed by atoms with van der Waals surface area (Å²) < 4.78 is 5.68. The summed E-state index contributed by atoms with van der Waals surface area (Å²) in [5.74, 6) is -0.362. The average molecular weight is 422 g/mol. The van der Waals surface area contributed by atoms with E-state index in [2.05, 4.69) is 20.8 Å². The number of para-hydroxylation sites is 2. The third-order valence-electron chi connectivity index (χ3n) is 4.34. The number of thioether (sulfide) groups is 1. The summed E-state index contributed by atoms with van der Waals surface area (Å²) >= 11 is 2.72. The van der Waals surface area contributed by atoms with Crippen LogP contribution in [0.25, 0.3) is 0 Å². The van der Waals surface area contributed by atoms with Gasteiger partial charge in [0.05, 0.1) is 23.2 Å². The quantitative estimate of drug-likeness (QED) is 0.524. The highest BCUT2D eigenvalue weighted by Gasteiger charge is 2.44. The van der Waals surface area contributed by atoms with Gasteiger partial charge in [0.15, 0.2) is 4.34 Å². The summed E-state index contributed by atoms with van der Waals surface area (Å²) in [5.41, 5.74) is 0.343. The van der Waals surface area contributed by atoms with Gasteiger partial charge >= 0.3 is 0 Å². The van der Waals surface area contributed by atoms with Crippen LogP contribution in [0.3, 0.4) is 0 Å². The Morgan fingerprint density at radius 2 is 2.14 bits per heavy atom. The number of ether oxygens (including phenoxy) is 1. The molecule has 1 aromatic carbocycles. The zero-order valence-electron chi connectivity index (χ0n) is 16.2. The summed E-state index contributed by atoms with van der Waals surface area (Å²) in [7, 11) is 1.64. The van der Waals surface area contributed by atoms with Crippen LogP contribution in [-0.4, -0.2) is 53.1 Å². The van der Waals surface area contributed by atoms with Gasteiger partial charge < -0.3 is 15.4 Å². The third kappa shape index (κ3) is 4.13. The molecule has 1 atom stereocenters. The SMILES string of the molecule is COCCNc1nnc(S[C@@H](C)C(=O)N2c3ccccc3NC(=O)C2(C)C)s1. The fraction of sp³-hybridized carbons (Fsp3) is 0.444. The summed E-state index contributed by atoms with van der Waals surface area (Å²) in [6.45, 7) is 6.52. The summed E-state index contributed by atoms with van der Waals surface area (Å²) in [6, 6.07) is 7.32. The van der Waals surface area contributed by atoms with Gasteiger partial charge in [-0.3, -0.25) is 14.5 Å². The Bertz CT molecular complexity index is 870. The molecule has 0 bridgehead atoms. The second-order valence-electron chi connectivity index (χ2n) is 6.76. The standard InChI is InChI=1S/C18H23N5O3S2/c1-11(27-17-22-21-16(28-17)19-9-10-26-4)14(24)23-13-8-6-5-7-12(13)20-15(25)18(23,2)3/h5-8,11H,9-10H2,1-4H3,(H,19,21)(H,20,25)/t11-/m0/s1. The molecule has 0 spiro atoms. The lowest BCUT2D eigenvalue weighted by atomic mass is 9.96. The lowest BCUT2D eigenvalue weighted by molar-refractivity contribution is -0.126. The number of carbonyl (C=O) groups is 2. The van der Waals surface area contributed by atoms with Gasteiger partial charge in [0.25, 0.3) is 0 Å². The molecule has 2 heterocycles. The first-order valence-corrected chi connectivity index (χ1v) is 10.5. The fourth-order valence-corrected chi connectivity index (χ4v) is 4.78. The van der Waals surface area contributed by atoms with E-state index in [-0.39, 0.29) is 11.8 Å². The number of benzene rings is 1. The molecule has 3 rings (SSSR count). The van der Waals surface area contributed by atoms with Crippen molar-refractivity contribution in [2.45, 2.75) is 35.9 Å². The van der Waals surface area contributed by atoms with Crippen LogP contribution in [0.4, 0.5) is 16.5 Å². The predicted molar refractivity (Wildman–Crippen MR) is 112 cm³/mol. The van der Waals surface area contributed by atoms with Crippen molar-refractivity contribution in [2.75, 3.05) is 35.8 Å². The molecule has 8 nitrogen and oxygen atoms in total. The first kappa shape index (κ1) is 20.6. The molecular formula is C18H23N5O3S2. The van der Waals surface area contributed by atoms with Crippen LogP contribution in [0.1, 0.15) is 20.8 Å². The van der Waals surface area contributed by atoms with Gasteiger partial charge in [0, 0.05) is 13.7 Å². The molecule has 2 aromatic rings. The molecule has 150 valence electrons. The zero-order chi connectivity index (χ0) is 20.3. The number of hydrogen-bond acceptors (Lipinski definition) is 8. The van der Waals surface area contributed by atoms with Crippen LogP contribution in [0.15, 0.2) is 28.6 Å². The maximum atomic E-state index is 13.3. The number of nitrogens with one attached hydrogen (secondary N) is 2. The minimum atomic E-state index is -0.992. The van der Waals surface area contributed by atoms with E-state index < -0.39 is 10.8 Å². The van der Waals surface area contributed by atoms with Crippen LogP contribution >= 0.6 is 23.1 Å². The van der Waals surface area contributed by atoms with Crippen LogP contribution in [-0.2, 0) is 14.3 Å². The van der Waals surface area contributed by atoms with Crippen LogP contribution in [0, 0.1) is 0 Å². The molecule has 0 saturated heterocycles. The molecule has 1 aromatic heterocycles. The molecule has 2 amide bonds. The van der Waals surface area contributed by atoms with E-state index in [1.807, 2.05) is 25.1 Å². The van der Waals surface area contributed by atoms with Crippen molar-refractivity contribution >= 4 is 51.4 Å². The first-order chi connectivity index (χ1) is 13.3. The van der Waals surface area contributed by atoms with E-state index >= 15 is 0 Å². The van der Waals surface area contributed by atoms with Crippen LogP contribution in [0.2, 0.25) is 0 Å². The molecule has 0 unspecified atom stereocenters. The largest absolute Gasteiger partial charge is 0.383 e. The van der Waals surface area contributed by atoms with Crippen molar-refractivity contribution in [3.05, 3.63) is 24.3 Å². The summed E-state index contributed by atoms with van der Waals surface area (Å²) in [6.07, 6.45) is 0. The number of nitrogens with zero attached hydrogens (tertiary/aromatic N) is 3. The lowest BCUT2D eigenvalue weighted by Gasteiger charge is -2.42. The molecule has 0 fully saturated rings. The zero-order valence-corrected chi connectivity index (χ0v) is 17.8. The van der Waals surface area contributed by atoms with Crippen LogP contribution in [0.5, 0.6) is 0 Å². The number of rotatable bonds is 7. The highest BCUT2D eigenvalue weighted by atomic mass is 32.2. The van der Waals surface area contributed by atoms with Gasteiger partial charge in [-0.25, -0.2) is 0 Å². The Kier molecular flexibility index (Phi) is 6.21. The lowest BCUT2D eigenvalue weighted by Crippen LogP contribution is -2.60. The number of amides is 2. The highest BCUT2D eigenvalue weighted by Crippen LogP contribution is 2.39. The Labute approximate surface area is 172 Å². The van der Waals surface area contributed by atoms with Gasteiger partial charge in [-0.1, -0.05) is 35.2 Å². The minimum Gasteiger partial charge on any atom is -0.383 e. The number of fused-ring (bicyclic) bond motifs is 1. The van der Waals surface area contributed by atoms with Crippen molar-refractivity contribution in [3.8, 4) is 0 Å². The minimum absolute atomic E-state index is 0.151. The number of methoxy groups -OCH3 is 1. The maximum absolute atomic E-state index is 13.3. The van der Waals surface area contributed by atoms with E-state index in [9.17, 15) is 9.59 Å². The van der Waals surface area contributed by atoms with Crippen molar-refractivity contribution in [1.82, 2.24) is 10.2 Å². The van der Waals surface area contributed by atoms with E-state index in [1.165, 1.54) is 23.1 Å². The van der Waals surface area contributed by atoms with E-state index in [0.717, 1.165) is 0 Å². The molecule has 0 aliphatic carbocycles. The number of aromatic nitrogens is 2. The molecular weight excluding hydrogens is 398 g/mol. The molecule has 2 N–H and O–H groups in total. The predicted octanol–water partition coefficient (Wildman–Crippen LogP) is 2.84. The van der Waals surface area contributed by atoms with Gasteiger partial charge in [0.1, 0.15) is 5.54 Å². The summed E-state index contributed by atoms with van der Waals surface area (Å²) in [4.78, 5) is 27.4. The monoisotopic (exact) mass is 421 g/mol. The Balaban J connectivity index is 1.76. The van der Waals surface area contributed by atoms with Gasteiger partial charge in [-0.05, 0) is 32.9 Å². The summed E-state index contributed by atoms with van der Waals surface area (Å²) in [5, 5.41) is 14.5. The highest BCUT2D eigenvalue weighted by molar-refractivity contribution is 8.02. The first-order valence-electron chi connectivity index (χ1n) is 8.82. The second-order valence-corrected chi connectivity index (χ2v) is 9.32. The molecule has 1 aliphatic rings. The van der Waals surface area contributed by atoms with E-state index in [1.54, 1.807) is 31.9 Å². The molecule has 0 radical (unpaired) electrons. The Morgan fingerprint density at radius 3 is 2.89 bits per heavy atom. The smallest absolute Gasteiger partial charge is 0.250 e. The van der Waals surface area contributed by atoms with Gasteiger partial charge in [-0.15, -0.1) is 10.2 Å². The van der Waals surface area contributed by atoms with E-state index in [4.69, 9.17) is 4.74 Å². The fourth-order valence-electron chi connectivity index (χ4n) is 2.82. The average Bonchev–Trinajstić information content (AvgIpc) is 3.09. The molecule has 1 aliphatic heterocycles. The molecule has 0 saturated carbocycles. The van der Waals surface area contributed by atoms with Crippen molar-refractivity contribution in [2.24, 2.45) is 0 Å². The van der Waals surface area contributed by atoms with Gasteiger partial charge in [0.2, 0.25) is 16.9 Å². The molecule has 10 heteroatoms. The Hall–Kier alpha value is -2.17. The number of anilines is 3. The van der Waals surface area contributed by atoms with Gasteiger partial charge in [-0.2, -0.15) is 0 Å². The second kappa shape index (κ2) is 8.46. The Morgan fingerprint density at radius 1 is 1.39 bits per heavy atom. The van der Waals surface area contributed by atoms with Crippen molar-refractivity contribution < 1.29 is 14.3 Å².